The van der Waals surface area contributed by atoms with E-state index in [9.17, 15) is 44.5 Å². The maximum absolute atomic E-state index is 13.1. The predicted molar refractivity (Wildman–Crippen MR) is 153 cm³/mol. The lowest BCUT2D eigenvalue weighted by Gasteiger charge is -2.43. The van der Waals surface area contributed by atoms with Crippen LogP contribution in [0.2, 0.25) is 0 Å². The molecular formula is C28H26N4O11S. The Bertz CT molecular complexity index is 1540. The summed E-state index contributed by atoms with van der Waals surface area (Å²) >= 11 is 1.05. The molecule has 1 fully saturated rings. The Morgan fingerprint density at radius 3 is 2.09 bits per heavy atom. The Kier molecular flexibility index (Phi) is 10.1. The summed E-state index contributed by atoms with van der Waals surface area (Å²) in [4.78, 5) is 72.6. The zero-order valence-corrected chi connectivity index (χ0v) is 23.9. The molecular weight excluding hydrogens is 600 g/mol. The highest BCUT2D eigenvalue weighted by molar-refractivity contribution is 8.05. The molecule has 0 saturated carbocycles. The van der Waals surface area contributed by atoms with Crippen molar-refractivity contribution in [2.24, 2.45) is 5.92 Å². The van der Waals surface area contributed by atoms with Gasteiger partial charge in [-0.2, -0.15) is 0 Å². The van der Waals surface area contributed by atoms with Crippen molar-refractivity contribution in [2.45, 2.75) is 38.2 Å². The molecule has 15 nitrogen and oxygen atoms in total. The van der Waals surface area contributed by atoms with Crippen LogP contribution in [0.3, 0.4) is 0 Å². The Hall–Kier alpha value is -5.09. The van der Waals surface area contributed by atoms with Crippen LogP contribution in [0.5, 0.6) is 0 Å². The van der Waals surface area contributed by atoms with Crippen molar-refractivity contribution in [3.8, 4) is 0 Å². The summed E-state index contributed by atoms with van der Waals surface area (Å²) in [7, 11) is 1.45. The number of thioether (sulfide) groups is 1. The fourth-order valence-electron chi connectivity index (χ4n) is 4.60. The van der Waals surface area contributed by atoms with Gasteiger partial charge >= 0.3 is 11.9 Å². The third-order valence-corrected chi connectivity index (χ3v) is 7.83. The van der Waals surface area contributed by atoms with Gasteiger partial charge in [-0.1, -0.05) is 11.8 Å². The number of esters is 2. The molecule has 2 aliphatic rings. The first kappa shape index (κ1) is 31.8. The van der Waals surface area contributed by atoms with Crippen LogP contribution in [0, 0.1) is 26.1 Å². The monoisotopic (exact) mass is 626 g/mol. The summed E-state index contributed by atoms with van der Waals surface area (Å²) in [6.45, 7) is -0.464. The Balaban J connectivity index is 1.39. The van der Waals surface area contributed by atoms with Gasteiger partial charge in [-0.05, 0) is 47.2 Å². The van der Waals surface area contributed by atoms with Gasteiger partial charge in [0, 0.05) is 48.7 Å². The topological polar surface area (TPSA) is 209 Å². The van der Waals surface area contributed by atoms with Crippen LogP contribution in [-0.4, -0.2) is 62.8 Å². The molecule has 2 amide bonds. The smallest absolute Gasteiger partial charge is 0.356 e. The summed E-state index contributed by atoms with van der Waals surface area (Å²) in [5, 5.41) is 36.0. The summed E-state index contributed by atoms with van der Waals surface area (Å²) in [6, 6.07) is 10.2. The van der Waals surface area contributed by atoms with Crippen LogP contribution in [-0.2, 0) is 41.9 Å². The highest BCUT2D eigenvalue weighted by atomic mass is 32.2. The number of carbonyl (C=O) groups is 4. The van der Waals surface area contributed by atoms with E-state index >= 15 is 0 Å². The van der Waals surface area contributed by atoms with E-state index in [1.165, 1.54) is 72.0 Å². The second kappa shape index (κ2) is 13.9. The second-order valence-electron chi connectivity index (χ2n) is 9.68. The van der Waals surface area contributed by atoms with Crippen LogP contribution < -0.4 is 5.32 Å². The summed E-state index contributed by atoms with van der Waals surface area (Å²) in [6.07, 6.45) is -0.467. The number of rotatable bonds is 13. The number of likely N-dealkylation sites (N-methyl/N-ethyl adjacent to an activating group) is 1. The number of hydrogen-bond acceptors (Lipinski definition) is 12. The molecule has 230 valence electrons. The molecule has 0 radical (unpaired) electrons. The minimum atomic E-state index is -1.65. The molecule has 16 heteroatoms. The number of ether oxygens (including phenoxy) is 2. The van der Waals surface area contributed by atoms with Crippen LogP contribution in [0.4, 0.5) is 11.4 Å². The van der Waals surface area contributed by atoms with Crippen molar-refractivity contribution in [1.29, 1.82) is 0 Å². The molecule has 0 bridgehead atoms. The van der Waals surface area contributed by atoms with Gasteiger partial charge in [0.2, 0.25) is 11.8 Å². The first-order chi connectivity index (χ1) is 21.0. The molecule has 2 aromatic carbocycles. The second-order valence-corrected chi connectivity index (χ2v) is 10.7. The maximum atomic E-state index is 13.1. The van der Waals surface area contributed by atoms with Crippen molar-refractivity contribution in [1.82, 2.24) is 10.2 Å². The normalized spacial score (nSPS) is 18.0. The molecule has 0 aliphatic carbocycles. The van der Waals surface area contributed by atoms with E-state index in [0.717, 1.165) is 11.8 Å². The summed E-state index contributed by atoms with van der Waals surface area (Å²) in [5.41, 5.74) is 0.661. The minimum Gasteiger partial charge on any atom is -0.459 e. The number of non-ortho nitro benzene ring substituents is 2. The van der Waals surface area contributed by atoms with Gasteiger partial charge in [0.05, 0.1) is 21.8 Å². The van der Waals surface area contributed by atoms with E-state index in [4.69, 9.17) is 9.47 Å². The molecule has 3 atom stereocenters. The molecule has 0 aromatic heterocycles. The van der Waals surface area contributed by atoms with Crippen molar-refractivity contribution in [3.05, 3.63) is 102 Å². The lowest BCUT2D eigenvalue weighted by Crippen LogP contribution is -2.59. The predicted octanol–water partition coefficient (Wildman–Crippen LogP) is 2.48. The number of fused-ring (bicyclic) bond motifs is 1. The highest BCUT2D eigenvalue weighted by Gasteiger charge is 2.56. The molecule has 1 saturated heterocycles. The number of benzene rings is 2. The number of nitrogens with zero attached hydrogens (tertiary/aromatic N) is 3. The number of nitro benzene ring substituents is 2. The van der Waals surface area contributed by atoms with Crippen LogP contribution in [0.25, 0.3) is 0 Å². The lowest BCUT2D eigenvalue weighted by atomic mass is 9.83. The first-order valence-corrected chi connectivity index (χ1v) is 14.0. The van der Waals surface area contributed by atoms with E-state index in [-0.39, 0.29) is 49.0 Å². The molecule has 2 heterocycles. The van der Waals surface area contributed by atoms with E-state index in [2.05, 4.69) is 5.32 Å². The number of amides is 2. The molecule has 44 heavy (non-hydrogen) atoms. The highest BCUT2D eigenvalue weighted by Crippen LogP contribution is 2.48. The van der Waals surface area contributed by atoms with E-state index < -0.39 is 45.8 Å². The average Bonchev–Trinajstić information content (AvgIpc) is 3.36. The molecule has 3 unspecified atom stereocenters. The van der Waals surface area contributed by atoms with Crippen LogP contribution in [0.1, 0.15) is 24.0 Å². The van der Waals surface area contributed by atoms with Gasteiger partial charge in [-0.25, -0.2) is 9.59 Å². The number of aliphatic hydroxyl groups excluding tert-OH is 1. The van der Waals surface area contributed by atoms with E-state index in [0.29, 0.717) is 16.0 Å². The van der Waals surface area contributed by atoms with Crippen LogP contribution in [0.15, 0.2) is 70.6 Å². The fraction of sp³-hybridized carbons (Fsp3) is 0.286. The van der Waals surface area contributed by atoms with Crippen molar-refractivity contribution < 1.29 is 43.6 Å². The number of nitro groups is 2. The van der Waals surface area contributed by atoms with Gasteiger partial charge in [0.25, 0.3) is 11.4 Å². The number of carbonyl (C=O) groups excluding carboxylic acids is 4. The van der Waals surface area contributed by atoms with E-state index in [1.807, 2.05) is 0 Å². The summed E-state index contributed by atoms with van der Waals surface area (Å²) in [5.74, 6) is -3.50. The number of β-lactam (4-membered cyclic amide) rings is 1. The Morgan fingerprint density at radius 1 is 1.02 bits per heavy atom. The molecule has 4 rings (SSSR count). The number of hydrogen-bond donors (Lipinski definition) is 2. The zero-order chi connectivity index (χ0) is 32.0. The third kappa shape index (κ3) is 7.27. The lowest BCUT2D eigenvalue weighted by molar-refractivity contribution is -0.385. The van der Waals surface area contributed by atoms with Gasteiger partial charge in [0.15, 0.2) is 6.10 Å². The summed E-state index contributed by atoms with van der Waals surface area (Å²) < 4.78 is 10.5. The van der Waals surface area contributed by atoms with Crippen molar-refractivity contribution >= 4 is 46.9 Å². The Morgan fingerprint density at radius 2 is 1.57 bits per heavy atom. The standard InChI is InChI=1S/C28H26N4O11S/c1-29-24(34)10-11-44-23-13-21-20(12-22(33)27(36)42-14-16-2-6-18(7-3-16)31(38)39)26(35)30(21)25(23)28(37)43-15-17-4-8-19(9-5-17)32(40)41/h2-11,20-22,33H,12-15H2,1H3,(H,29,34). The first-order valence-electron chi connectivity index (χ1n) is 13.1. The molecule has 2 aliphatic heterocycles. The number of aliphatic hydroxyl groups is 1. The van der Waals surface area contributed by atoms with Crippen molar-refractivity contribution in [2.75, 3.05) is 7.05 Å². The fourth-order valence-corrected chi connectivity index (χ4v) is 5.52. The zero-order valence-electron chi connectivity index (χ0n) is 23.1. The average molecular weight is 627 g/mol. The Labute approximate surface area is 253 Å². The molecule has 2 aromatic rings. The van der Waals surface area contributed by atoms with Gasteiger partial charge in [-0.3, -0.25) is 29.8 Å². The SMILES string of the molecule is CNC(=O)C=CSC1=C(C(=O)OCc2ccc([N+](=O)[O-])cc2)N2C(=O)C(CC(O)C(=O)OCc3ccc([N+](=O)[O-])cc3)C2C1. The largest absolute Gasteiger partial charge is 0.459 e. The van der Waals surface area contributed by atoms with Gasteiger partial charge in [0.1, 0.15) is 18.9 Å². The minimum absolute atomic E-state index is 0.0278. The van der Waals surface area contributed by atoms with E-state index in [1.54, 1.807) is 0 Å². The maximum Gasteiger partial charge on any atom is 0.356 e. The molecule has 2 N–H and O–H groups in total. The van der Waals surface area contributed by atoms with Crippen molar-refractivity contribution in [3.63, 3.8) is 0 Å². The van der Waals surface area contributed by atoms with Gasteiger partial charge in [-0.15, -0.1) is 0 Å². The van der Waals surface area contributed by atoms with Gasteiger partial charge < -0.3 is 24.8 Å². The molecule has 0 spiro atoms. The van der Waals surface area contributed by atoms with Crippen LogP contribution >= 0.6 is 11.8 Å². The quantitative estimate of drug-likeness (QED) is 0.108. The third-order valence-electron chi connectivity index (χ3n) is 6.91. The number of nitrogens with one attached hydrogen (secondary N) is 1.